The number of hydrogen-bond acceptors (Lipinski definition) is 4. The monoisotopic (exact) mass is 388 g/mol. The Morgan fingerprint density at radius 3 is 2.63 bits per heavy atom. The minimum Gasteiger partial charge on any atom is -0.403 e. The molecule has 0 fully saturated rings. The van der Waals surface area contributed by atoms with Gasteiger partial charge >= 0.3 is 0 Å². The Bertz CT molecular complexity index is 1070. The first-order valence-electron chi connectivity index (χ1n) is 8.40. The smallest absolute Gasteiger partial charge is 0.240 e. The standard InChI is InChI=1S/C19H21FN4O2S/c1-22-15(11-21)8-9-24-27(25,26)16-5-2-13(3-6-16)18-12-23-19-10-14(20)4-7-17(18)19/h2-7,10-12,22-24H,8-9,21H2,1H3/b15-11-. The van der Waals surface area contributed by atoms with Crippen LogP contribution in [0.15, 0.2) is 65.5 Å². The first-order valence-corrected chi connectivity index (χ1v) is 9.88. The molecule has 142 valence electrons. The van der Waals surface area contributed by atoms with Gasteiger partial charge < -0.3 is 16.0 Å². The molecule has 0 aliphatic heterocycles. The maximum atomic E-state index is 13.3. The Balaban J connectivity index is 1.78. The van der Waals surface area contributed by atoms with Gasteiger partial charge in [-0.2, -0.15) is 0 Å². The van der Waals surface area contributed by atoms with E-state index in [-0.39, 0.29) is 17.3 Å². The molecule has 5 N–H and O–H groups in total. The Morgan fingerprint density at radius 1 is 1.22 bits per heavy atom. The van der Waals surface area contributed by atoms with E-state index in [4.69, 9.17) is 5.73 Å². The topological polar surface area (TPSA) is 100 Å². The number of hydrogen-bond donors (Lipinski definition) is 4. The van der Waals surface area contributed by atoms with Gasteiger partial charge in [-0.05, 0) is 35.9 Å². The summed E-state index contributed by atoms with van der Waals surface area (Å²) in [5.74, 6) is -0.311. The van der Waals surface area contributed by atoms with E-state index in [0.717, 1.165) is 22.2 Å². The third-order valence-electron chi connectivity index (χ3n) is 4.33. The number of fused-ring (bicyclic) bond motifs is 1. The van der Waals surface area contributed by atoms with Gasteiger partial charge in [-0.1, -0.05) is 12.1 Å². The van der Waals surface area contributed by atoms with Gasteiger partial charge in [0.25, 0.3) is 0 Å². The average Bonchev–Trinajstić information content (AvgIpc) is 3.08. The van der Waals surface area contributed by atoms with Crippen molar-refractivity contribution in [1.82, 2.24) is 15.0 Å². The van der Waals surface area contributed by atoms with Gasteiger partial charge in [0.05, 0.1) is 4.90 Å². The molecule has 2 aromatic carbocycles. The fourth-order valence-electron chi connectivity index (χ4n) is 2.85. The van der Waals surface area contributed by atoms with Gasteiger partial charge in [0.1, 0.15) is 5.82 Å². The molecule has 1 heterocycles. The molecule has 27 heavy (non-hydrogen) atoms. The molecule has 1 aromatic heterocycles. The number of nitrogens with two attached hydrogens (primary N) is 1. The molecule has 0 amide bonds. The summed E-state index contributed by atoms with van der Waals surface area (Å²) in [5, 5.41) is 3.77. The van der Waals surface area contributed by atoms with E-state index in [1.165, 1.54) is 18.3 Å². The highest BCUT2D eigenvalue weighted by molar-refractivity contribution is 7.89. The predicted molar refractivity (Wildman–Crippen MR) is 105 cm³/mol. The summed E-state index contributed by atoms with van der Waals surface area (Å²) in [6.45, 7) is 0.238. The van der Waals surface area contributed by atoms with Crippen molar-refractivity contribution in [3.63, 3.8) is 0 Å². The summed E-state index contributed by atoms with van der Waals surface area (Å²) < 4.78 is 40.7. The van der Waals surface area contributed by atoms with Crippen molar-refractivity contribution in [3.8, 4) is 11.1 Å². The molecule has 0 aliphatic carbocycles. The van der Waals surface area contributed by atoms with Crippen LogP contribution in [0.4, 0.5) is 4.39 Å². The van der Waals surface area contributed by atoms with E-state index >= 15 is 0 Å². The number of halogens is 1. The van der Waals surface area contributed by atoms with Gasteiger partial charge in [0.2, 0.25) is 10.0 Å². The van der Waals surface area contributed by atoms with E-state index in [1.807, 2.05) is 0 Å². The zero-order valence-corrected chi connectivity index (χ0v) is 15.6. The molecule has 0 unspecified atom stereocenters. The Morgan fingerprint density at radius 2 is 1.96 bits per heavy atom. The summed E-state index contributed by atoms with van der Waals surface area (Å²) in [4.78, 5) is 3.21. The zero-order valence-electron chi connectivity index (χ0n) is 14.8. The summed E-state index contributed by atoms with van der Waals surface area (Å²) in [5.41, 5.74) is 8.60. The van der Waals surface area contributed by atoms with Crippen LogP contribution in [-0.2, 0) is 10.0 Å². The number of nitrogens with one attached hydrogen (secondary N) is 3. The number of rotatable bonds is 7. The fourth-order valence-corrected chi connectivity index (χ4v) is 3.88. The number of aromatic amines is 1. The molecule has 0 saturated carbocycles. The lowest BCUT2D eigenvalue weighted by atomic mass is 10.1. The van der Waals surface area contributed by atoms with Crippen LogP contribution in [0.25, 0.3) is 22.0 Å². The molecule has 0 bridgehead atoms. The molecular weight excluding hydrogens is 367 g/mol. The summed E-state index contributed by atoms with van der Waals surface area (Å²) in [7, 11) is -1.88. The van der Waals surface area contributed by atoms with E-state index < -0.39 is 10.0 Å². The molecular formula is C19H21FN4O2S. The first-order chi connectivity index (χ1) is 12.9. The molecule has 3 rings (SSSR count). The minimum absolute atomic E-state index is 0.180. The highest BCUT2D eigenvalue weighted by Gasteiger charge is 2.14. The van der Waals surface area contributed by atoms with Crippen LogP contribution in [-0.4, -0.2) is 27.0 Å². The van der Waals surface area contributed by atoms with Gasteiger partial charge in [-0.3, -0.25) is 0 Å². The normalized spacial score (nSPS) is 12.4. The van der Waals surface area contributed by atoms with Crippen LogP contribution in [0.2, 0.25) is 0 Å². The quantitative estimate of drug-likeness (QED) is 0.500. The number of H-pyrrole nitrogens is 1. The lowest BCUT2D eigenvalue weighted by molar-refractivity contribution is 0.580. The van der Waals surface area contributed by atoms with E-state index in [9.17, 15) is 12.8 Å². The van der Waals surface area contributed by atoms with E-state index in [0.29, 0.717) is 11.9 Å². The molecule has 0 atom stereocenters. The fraction of sp³-hybridized carbons (Fsp3) is 0.158. The van der Waals surface area contributed by atoms with Crippen LogP contribution in [0.3, 0.4) is 0 Å². The van der Waals surface area contributed by atoms with Gasteiger partial charge in [0, 0.05) is 54.6 Å². The van der Waals surface area contributed by atoms with Crippen molar-refractivity contribution in [2.75, 3.05) is 13.6 Å². The first kappa shape index (κ1) is 18.9. The van der Waals surface area contributed by atoms with Crippen LogP contribution in [0, 0.1) is 5.82 Å². The van der Waals surface area contributed by atoms with Crippen molar-refractivity contribution in [1.29, 1.82) is 0 Å². The molecule has 0 aliphatic rings. The molecule has 6 nitrogen and oxygen atoms in total. The summed E-state index contributed by atoms with van der Waals surface area (Å²) in [6.07, 6.45) is 3.66. The van der Waals surface area contributed by atoms with Crippen LogP contribution in [0.5, 0.6) is 0 Å². The lowest BCUT2D eigenvalue weighted by Crippen LogP contribution is -2.26. The Labute approximate surface area is 157 Å². The van der Waals surface area contributed by atoms with Crippen molar-refractivity contribution in [2.24, 2.45) is 5.73 Å². The van der Waals surface area contributed by atoms with E-state index in [2.05, 4.69) is 15.0 Å². The third kappa shape index (κ3) is 4.12. The second-order valence-corrected chi connectivity index (χ2v) is 7.77. The number of aromatic nitrogens is 1. The minimum atomic E-state index is -3.61. The number of sulfonamides is 1. The number of benzene rings is 2. The van der Waals surface area contributed by atoms with Crippen molar-refractivity contribution in [3.05, 3.63) is 66.4 Å². The Hall–Kier alpha value is -2.84. The van der Waals surface area contributed by atoms with Crippen LogP contribution in [0.1, 0.15) is 6.42 Å². The summed E-state index contributed by atoms with van der Waals surface area (Å²) >= 11 is 0. The highest BCUT2D eigenvalue weighted by Crippen LogP contribution is 2.29. The third-order valence-corrected chi connectivity index (χ3v) is 5.81. The highest BCUT2D eigenvalue weighted by atomic mass is 32.2. The average molecular weight is 388 g/mol. The zero-order chi connectivity index (χ0) is 19.4. The van der Waals surface area contributed by atoms with Crippen LogP contribution < -0.4 is 15.8 Å². The maximum absolute atomic E-state index is 13.3. The predicted octanol–water partition coefficient (Wildman–Crippen LogP) is 2.66. The molecule has 0 spiro atoms. The van der Waals surface area contributed by atoms with Gasteiger partial charge in [-0.15, -0.1) is 0 Å². The second-order valence-electron chi connectivity index (χ2n) is 6.01. The van der Waals surface area contributed by atoms with Crippen molar-refractivity contribution >= 4 is 20.9 Å². The molecule has 3 aromatic rings. The van der Waals surface area contributed by atoms with Crippen molar-refractivity contribution in [2.45, 2.75) is 11.3 Å². The molecule has 8 heteroatoms. The molecule has 0 saturated heterocycles. The SMILES string of the molecule is CN/C(=C\N)CCNS(=O)(=O)c1ccc(-c2c[nH]c3cc(F)ccc23)cc1. The van der Waals surface area contributed by atoms with Gasteiger partial charge in [-0.25, -0.2) is 17.5 Å². The lowest BCUT2D eigenvalue weighted by Gasteiger charge is -2.09. The van der Waals surface area contributed by atoms with E-state index in [1.54, 1.807) is 43.6 Å². The summed E-state index contributed by atoms with van der Waals surface area (Å²) in [6, 6.07) is 11.1. The second kappa shape index (κ2) is 7.81. The largest absolute Gasteiger partial charge is 0.403 e. The van der Waals surface area contributed by atoms with Crippen molar-refractivity contribution < 1.29 is 12.8 Å². The molecule has 0 radical (unpaired) electrons. The maximum Gasteiger partial charge on any atom is 0.240 e. The Kier molecular flexibility index (Phi) is 5.48. The van der Waals surface area contributed by atoms with Crippen LogP contribution >= 0.6 is 0 Å². The van der Waals surface area contributed by atoms with Gasteiger partial charge in [0.15, 0.2) is 0 Å².